The van der Waals surface area contributed by atoms with Gasteiger partial charge in [0.2, 0.25) is 0 Å². The summed E-state index contributed by atoms with van der Waals surface area (Å²) < 4.78 is 22.5. The Morgan fingerprint density at radius 3 is 2.56 bits per heavy atom. The van der Waals surface area contributed by atoms with E-state index >= 15 is 0 Å². The molecule has 7 heteroatoms. The van der Waals surface area contributed by atoms with Crippen molar-refractivity contribution in [3.63, 3.8) is 0 Å². The SMILES string of the molecule is Cc1ccc(Br)nc1C[C@H](N[S+]([O-])C(C)(C)C)c1ccccc1-c1noc2ccccc12. The van der Waals surface area contributed by atoms with Crippen LogP contribution < -0.4 is 4.72 Å². The summed E-state index contributed by atoms with van der Waals surface area (Å²) in [6, 6.07) is 19.7. The van der Waals surface area contributed by atoms with Crippen molar-refractivity contribution in [1.82, 2.24) is 14.9 Å². The van der Waals surface area contributed by atoms with E-state index in [0.717, 1.165) is 43.7 Å². The van der Waals surface area contributed by atoms with Gasteiger partial charge in [0, 0.05) is 34.4 Å². The Labute approximate surface area is 200 Å². The van der Waals surface area contributed by atoms with Crippen molar-refractivity contribution in [3.8, 4) is 11.3 Å². The number of hydrogen-bond donors (Lipinski definition) is 1. The fourth-order valence-electron chi connectivity index (χ4n) is 3.56. The van der Waals surface area contributed by atoms with Gasteiger partial charge < -0.3 is 9.08 Å². The molecule has 0 saturated heterocycles. The summed E-state index contributed by atoms with van der Waals surface area (Å²) in [5, 5.41) is 5.32. The minimum atomic E-state index is -1.27. The van der Waals surface area contributed by atoms with Gasteiger partial charge in [-0.25, -0.2) is 4.98 Å². The Kier molecular flexibility index (Phi) is 6.72. The summed E-state index contributed by atoms with van der Waals surface area (Å²) in [4.78, 5) is 4.69. The third kappa shape index (κ3) is 4.91. The van der Waals surface area contributed by atoms with Gasteiger partial charge in [-0.15, -0.1) is 4.72 Å². The fraction of sp³-hybridized carbons (Fsp3) is 0.280. The first-order valence-electron chi connectivity index (χ1n) is 10.5. The summed E-state index contributed by atoms with van der Waals surface area (Å²) in [6.07, 6.45) is 0.583. The quantitative estimate of drug-likeness (QED) is 0.243. The van der Waals surface area contributed by atoms with Gasteiger partial charge in [0.05, 0.1) is 6.04 Å². The largest absolute Gasteiger partial charge is 0.598 e. The molecule has 0 amide bonds. The van der Waals surface area contributed by atoms with Gasteiger partial charge in [0.25, 0.3) is 0 Å². The van der Waals surface area contributed by atoms with E-state index in [9.17, 15) is 4.55 Å². The predicted molar refractivity (Wildman–Crippen MR) is 134 cm³/mol. The zero-order chi connectivity index (χ0) is 22.9. The molecule has 32 heavy (non-hydrogen) atoms. The molecule has 2 aromatic carbocycles. The zero-order valence-corrected chi connectivity index (χ0v) is 21.0. The molecule has 0 aliphatic rings. The third-order valence-electron chi connectivity index (χ3n) is 5.34. The maximum atomic E-state index is 13.1. The number of aromatic nitrogens is 2. The Bertz CT molecular complexity index is 1240. The van der Waals surface area contributed by atoms with Crippen LogP contribution in [-0.2, 0) is 17.8 Å². The molecule has 0 saturated carbocycles. The van der Waals surface area contributed by atoms with Crippen LogP contribution >= 0.6 is 15.9 Å². The average molecular weight is 512 g/mol. The molecule has 1 unspecified atom stereocenters. The monoisotopic (exact) mass is 511 g/mol. The summed E-state index contributed by atoms with van der Waals surface area (Å²) in [5.74, 6) is 0. The van der Waals surface area contributed by atoms with Crippen LogP contribution in [0.5, 0.6) is 0 Å². The van der Waals surface area contributed by atoms with E-state index in [1.165, 1.54) is 0 Å². The van der Waals surface area contributed by atoms with E-state index in [0.29, 0.717) is 6.42 Å². The Balaban J connectivity index is 1.82. The first-order valence-corrected chi connectivity index (χ1v) is 12.4. The number of nitrogens with one attached hydrogen (secondary N) is 1. The molecule has 4 aromatic rings. The van der Waals surface area contributed by atoms with Crippen LogP contribution in [0.1, 0.15) is 43.6 Å². The number of fused-ring (bicyclic) bond motifs is 1. The van der Waals surface area contributed by atoms with E-state index in [1.54, 1.807) is 0 Å². The number of para-hydroxylation sites is 1. The molecule has 0 radical (unpaired) electrons. The number of halogens is 1. The second-order valence-electron chi connectivity index (χ2n) is 8.77. The molecule has 0 spiro atoms. The number of rotatable bonds is 6. The van der Waals surface area contributed by atoms with E-state index in [2.05, 4.69) is 31.9 Å². The number of benzene rings is 2. The van der Waals surface area contributed by atoms with Crippen LogP contribution in [-0.4, -0.2) is 19.4 Å². The summed E-state index contributed by atoms with van der Waals surface area (Å²) in [6.45, 7) is 7.94. The molecule has 2 atom stereocenters. The summed E-state index contributed by atoms with van der Waals surface area (Å²) in [7, 11) is 0. The molecule has 4 rings (SSSR count). The van der Waals surface area contributed by atoms with Crippen molar-refractivity contribution < 1.29 is 9.08 Å². The maximum Gasteiger partial charge on any atom is 0.167 e. The summed E-state index contributed by atoms with van der Waals surface area (Å²) >= 11 is 2.22. The van der Waals surface area contributed by atoms with Gasteiger partial charge in [0.1, 0.15) is 15.0 Å². The fourth-order valence-corrected chi connectivity index (χ4v) is 4.73. The number of pyridine rings is 1. The minimum Gasteiger partial charge on any atom is -0.598 e. The second kappa shape index (κ2) is 9.35. The molecular formula is C25H26BrN3O2S. The number of aryl methyl sites for hydroxylation is 1. The highest BCUT2D eigenvalue weighted by Gasteiger charge is 2.32. The smallest absolute Gasteiger partial charge is 0.167 e. The minimum absolute atomic E-state index is 0.234. The lowest BCUT2D eigenvalue weighted by atomic mass is 9.93. The highest BCUT2D eigenvalue weighted by Crippen LogP contribution is 2.35. The first kappa shape index (κ1) is 23.0. The van der Waals surface area contributed by atoms with Crippen molar-refractivity contribution in [2.75, 3.05) is 0 Å². The molecule has 0 aliphatic carbocycles. The van der Waals surface area contributed by atoms with Crippen molar-refractivity contribution in [1.29, 1.82) is 0 Å². The van der Waals surface area contributed by atoms with E-state index in [4.69, 9.17) is 9.51 Å². The number of nitrogens with zero attached hydrogens (tertiary/aromatic N) is 2. The standard InChI is InChI=1S/C25H26BrN3O2S/c1-16-13-14-23(26)27-20(16)15-21(29-32(30)25(2,3)4)17-9-5-6-10-18(17)24-19-11-7-8-12-22(19)31-28-24/h5-14,21,29H,15H2,1-4H3/t21-,32?/m0/s1. The molecule has 0 fully saturated rings. The molecule has 2 heterocycles. The van der Waals surface area contributed by atoms with Crippen LogP contribution in [0, 0.1) is 6.92 Å². The van der Waals surface area contributed by atoms with Gasteiger partial charge in [-0.2, -0.15) is 0 Å². The van der Waals surface area contributed by atoms with Crippen molar-refractivity contribution in [3.05, 3.63) is 82.1 Å². The summed E-state index contributed by atoms with van der Waals surface area (Å²) in [5.41, 5.74) is 5.51. The normalized spacial score (nSPS) is 13.9. The van der Waals surface area contributed by atoms with Crippen LogP contribution in [0.25, 0.3) is 22.2 Å². The van der Waals surface area contributed by atoms with Crippen LogP contribution in [0.2, 0.25) is 0 Å². The van der Waals surface area contributed by atoms with Crippen LogP contribution in [0.4, 0.5) is 0 Å². The third-order valence-corrected chi connectivity index (χ3v) is 7.39. The lowest BCUT2D eigenvalue weighted by molar-refractivity contribution is 0.459. The lowest BCUT2D eigenvalue weighted by Crippen LogP contribution is -2.42. The topological polar surface area (TPSA) is 74.0 Å². The van der Waals surface area contributed by atoms with Gasteiger partial charge in [-0.05, 0) is 73.0 Å². The zero-order valence-electron chi connectivity index (χ0n) is 18.6. The Morgan fingerprint density at radius 2 is 1.78 bits per heavy atom. The van der Waals surface area contributed by atoms with Crippen molar-refractivity contribution in [2.45, 2.75) is 44.9 Å². The first-order chi connectivity index (χ1) is 15.2. The molecule has 0 aliphatic heterocycles. The highest BCUT2D eigenvalue weighted by atomic mass is 79.9. The van der Waals surface area contributed by atoms with E-state index < -0.39 is 16.1 Å². The van der Waals surface area contributed by atoms with Crippen molar-refractivity contribution >= 4 is 38.3 Å². The molecule has 1 N–H and O–H groups in total. The van der Waals surface area contributed by atoms with Crippen LogP contribution in [0.3, 0.4) is 0 Å². The van der Waals surface area contributed by atoms with Gasteiger partial charge >= 0.3 is 0 Å². The average Bonchev–Trinajstić information content (AvgIpc) is 3.19. The predicted octanol–water partition coefficient (Wildman–Crippen LogP) is 6.30. The molecule has 2 aromatic heterocycles. The molecule has 5 nitrogen and oxygen atoms in total. The number of hydrogen-bond acceptors (Lipinski definition) is 5. The molecule has 166 valence electrons. The van der Waals surface area contributed by atoms with Gasteiger partial charge in [-0.3, -0.25) is 0 Å². The second-order valence-corrected chi connectivity index (χ2v) is 11.6. The van der Waals surface area contributed by atoms with Crippen molar-refractivity contribution in [2.24, 2.45) is 0 Å². The van der Waals surface area contributed by atoms with Crippen LogP contribution in [0.15, 0.2) is 69.8 Å². The highest BCUT2D eigenvalue weighted by molar-refractivity contribution is 9.10. The molecular weight excluding hydrogens is 486 g/mol. The Hall–Kier alpha value is -2.19. The Morgan fingerprint density at radius 1 is 1.06 bits per heavy atom. The maximum absolute atomic E-state index is 13.1. The van der Waals surface area contributed by atoms with Gasteiger partial charge in [-0.1, -0.05) is 47.6 Å². The molecule has 0 bridgehead atoms. The van der Waals surface area contributed by atoms with Gasteiger partial charge in [0.15, 0.2) is 5.58 Å². The van der Waals surface area contributed by atoms with E-state index in [-0.39, 0.29) is 6.04 Å². The lowest BCUT2D eigenvalue weighted by Gasteiger charge is -2.29. The van der Waals surface area contributed by atoms with E-state index in [1.807, 2.05) is 82.3 Å².